The maximum atomic E-state index is 11.6. The van der Waals surface area contributed by atoms with Crippen molar-refractivity contribution in [3.63, 3.8) is 0 Å². The average molecular weight is 258 g/mol. The van der Waals surface area contributed by atoms with E-state index >= 15 is 0 Å². The smallest absolute Gasteiger partial charge is 0.271 e. The molecule has 0 spiro atoms. The van der Waals surface area contributed by atoms with E-state index in [4.69, 9.17) is 11.6 Å². The summed E-state index contributed by atoms with van der Waals surface area (Å²) in [6, 6.07) is 3.14. The van der Waals surface area contributed by atoms with E-state index in [1.54, 1.807) is 12.1 Å². The van der Waals surface area contributed by atoms with Gasteiger partial charge in [0.15, 0.2) is 10.8 Å². The number of halogens is 1. The second-order valence-corrected chi connectivity index (χ2v) is 5.22. The predicted octanol–water partition coefficient (Wildman–Crippen LogP) is 1.61. The Bertz CT molecular complexity index is 365. The van der Waals surface area contributed by atoms with Crippen LogP contribution < -0.4 is 5.32 Å². The van der Waals surface area contributed by atoms with Crippen LogP contribution in [-0.2, 0) is 0 Å². The molecule has 0 bridgehead atoms. The van der Waals surface area contributed by atoms with Crippen LogP contribution in [0.15, 0.2) is 12.1 Å². The summed E-state index contributed by atoms with van der Waals surface area (Å²) in [5, 5.41) is 10.5. The molecule has 2 rings (SSSR count). The Morgan fingerprint density at radius 3 is 3.06 bits per heavy atom. The normalized spacial score (nSPS) is 19.7. The van der Waals surface area contributed by atoms with Crippen LogP contribution in [0.2, 0.25) is 5.15 Å². The van der Waals surface area contributed by atoms with Crippen molar-refractivity contribution < 1.29 is 4.79 Å². The van der Waals surface area contributed by atoms with E-state index in [2.05, 4.69) is 15.5 Å². The highest BCUT2D eigenvalue weighted by Gasteiger charge is 2.17. The van der Waals surface area contributed by atoms with E-state index in [1.165, 1.54) is 12.2 Å². The lowest BCUT2D eigenvalue weighted by atomic mass is 10.1. The maximum Gasteiger partial charge on any atom is 0.271 e. The number of nitrogens with one attached hydrogen (secondary N) is 1. The number of nitrogens with zero attached hydrogens (tertiary/aromatic N) is 2. The summed E-state index contributed by atoms with van der Waals surface area (Å²) < 4.78 is 0. The van der Waals surface area contributed by atoms with Gasteiger partial charge in [-0.1, -0.05) is 11.6 Å². The first-order valence-corrected chi connectivity index (χ1v) is 6.64. The minimum absolute atomic E-state index is 0.180. The Kier molecular flexibility index (Phi) is 4.01. The van der Waals surface area contributed by atoms with Crippen LogP contribution in [0.1, 0.15) is 16.9 Å². The number of hydrogen-bond acceptors (Lipinski definition) is 4. The number of amides is 1. The number of thioether (sulfide) groups is 1. The molecule has 16 heavy (non-hydrogen) atoms. The highest BCUT2D eigenvalue weighted by Crippen LogP contribution is 2.22. The SMILES string of the molecule is O=C(NCC1CCSC1)c1ccc(Cl)nn1. The summed E-state index contributed by atoms with van der Waals surface area (Å²) in [5.41, 5.74) is 0.315. The van der Waals surface area contributed by atoms with E-state index in [9.17, 15) is 4.79 Å². The van der Waals surface area contributed by atoms with Gasteiger partial charge in [0.1, 0.15) is 0 Å². The maximum absolute atomic E-state index is 11.6. The van der Waals surface area contributed by atoms with Gasteiger partial charge < -0.3 is 5.32 Å². The molecule has 1 atom stereocenters. The molecule has 1 aromatic rings. The number of rotatable bonds is 3. The molecule has 1 unspecified atom stereocenters. The molecule has 0 aromatic carbocycles. The van der Waals surface area contributed by atoms with Crippen molar-refractivity contribution in [3.05, 3.63) is 23.0 Å². The third-order valence-electron chi connectivity index (χ3n) is 2.44. The molecule has 1 fully saturated rings. The molecule has 1 aliphatic heterocycles. The lowest BCUT2D eigenvalue weighted by Crippen LogP contribution is -2.30. The molecule has 86 valence electrons. The first kappa shape index (κ1) is 11.7. The molecule has 1 amide bonds. The Labute approximate surface area is 103 Å². The third kappa shape index (κ3) is 3.09. The highest BCUT2D eigenvalue weighted by molar-refractivity contribution is 7.99. The average Bonchev–Trinajstić information content (AvgIpc) is 2.80. The fourth-order valence-corrected chi connectivity index (χ4v) is 2.89. The van der Waals surface area contributed by atoms with Crippen LogP contribution in [0, 0.1) is 5.92 Å². The van der Waals surface area contributed by atoms with E-state index in [1.807, 2.05) is 11.8 Å². The van der Waals surface area contributed by atoms with Gasteiger partial charge in [0.25, 0.3) is 5.91 Å². The van der Waals surface area contributed by atoms with Crippen molar-refractivity contribution in [2.45, 2.75) is 6.42 Å². The Hall–Kier alpha value is -0.810. The second-order valence-electron chi connectivity index (χ2n) is 3.68. The minimum atomic E-state index is -0.180. The largest absolute Gasteiger partial charge is 0.350 e. The van der Waals surface area contributed by atoms with Crippen molar-refractivity contribution in [2.24, 2.45) is 5.92 Å². The molecule has 1 saturated heterocycles. The van der Waals surface area contributed by atoms with Gasteiger partial charge in [0.05, 0.1) is 0 Å². The number of carbonyl (C=O) groups is 1. The van der Waals surface area contributed by atoms with Gasteiger partial charge in [-0.25, -0.2) is 0 Å². The first-order valence-electron chi connectivity index (χ1n) is 5.11. The van der Waals surface area contributed by atoms with Gasteiger partial charge in [0.2, 0.25) is 0 Å². The Morgan fingerprint density at radius 1 is 1.56 bits per heavy atom. The summed E-state index contributed by atoms with van der Waals surface area (Å²) in [6.07, 6.45) is 1.18. The van der Waals surface area contributed by atoms with Gasteiger partial charge in [0, 0.05) is 6.54 Å². The fraction of sp³-hybridized carbons (Fsp3) is 0.500. The van der Waals surface area contributed by atoms with Crippen LogP contribution in [0.5, 0.6) is 0 Å². The number of aromatic nitrogens is 2. The summed E-state index contributed by atoms with van der Waals surface area (Å²) in [4.78, 5) is 11.6. The topological polar surface area (TPSA) is 54.9 Å². The van der Waals surface area contributed by atoms with Gasteiger partial charge >= 0.3 is 0 Å². The molecule has 1 aromatic heterocycles. The molecule has 2 heterocycles. The molecule has 6 heteroatoms. The number of hydrogen-bond donors (Lipinski definition) is 1. The molecule has 1 aliphatic rings. The molecular formula is C10H12ClN3OS. The highest BCUT2D eigenvalue weighted by atomic mass is 35.5. The lowest BCUT2D eigenvalue weighted by Gasteiger charge is -2.09. The second kappa shape index (κ2) is 5.50. The van der Waals surface area contributed by atoms with Gasteiger partial charge in [-0.15, -0.1) is 10.2 Å². The van der Waals surface area contributed by atoms with Gasteiger partial charge in [-0.3, -0.25) is 4.79 Å². The van der Waals surface area contributed by atoms with Crippen LogP contribution in [0.3, 0.4) is 0 Å². The van der Waals surface area contributed by atoms with Crippen molar-refractivity contribution in [3.8, 4) is 0 Å². The van der Waals surface area contributed by atoms with Crippen LogP contribution in [0.4, 0.5) is 0 Å². The quantitative estimate of drug-likeness (QED) is 0.894. The summed E-state index contributed by atoms with van der Waals surface area (Å²) in [7, 11) is 0. The van der Waals surface area contributed by atoms with Crippen LogP contribution in [-0.4, -0.2) is 34.2 Å². The molecule has 4 nitrogen and oxygen atoms in total. The van der Waals surface area contributed by atoms with Crippen molar-refractivity contribution in [1.29, 1.82) is 0 Å². The molecule has 1 N–H and O–H groups in total. The summed E-state index contributed by atoms with van der Waals surface area (Å²) in [6.45, 7) is 0.718. The van der Waals surface area contributed by atoms with Gasteiger partial charge in [-0.2, -0.15) is 11.8 Å². The van der Waals surface area contributed by atoms with E-state index in [-0.39, 0.29) is 5.91 Å². The number of carbonyl (C=O) groups excluding carboxylic acids is 1. The molecule has 0 radical (unpaired) electrons. The predicted molar refractivity (Wildman–Crippen MR) is 64.8 cm³/mol. The van der Waals surface area contributed by atoms with Gasteiger partial charge in [-0.05, 0) is 36.0 Å². The first-order chi connectivity index (χ1) is 7.75. The standard InChI is InChI=1S/C10H12ClN3OS/c11-9-2-1-8(13-14-9)10(15)12-5-7-3-4-16-6-7/h1-2,7H,3-6H2,(H,12,15). The fourth-order valence-electron chi connectivity index (χ4n) is 1.51. The monoisotopic (exact) mass is 257 g/mol. The molecular weight excluding hydrogens is 246 g/mol. The third-order valence-corrected chi connectivity index (χ3v) is 3.87. The van der Waals surface area contributed by atoms with E-state index in [0.717, 1.165) is 12.3 Å². The van der Waals surface area contributed by atoms with Crippen molar-refractivity contribution in [1.82, 2.24) is 15.5 Å². The van der Waals surface area contributed by atoms with Crippen molar-refractivity contribution in [2.75, 3.05) is 18.1 Å². The molecule has 0 saturated carbocycles. The van der Waals surface area contributed by atoms with Crippen LogP contribution in [0.25, 0.3) is 0 Å². The summed E-state index contributed by atoms with van der Waals surface area (Å²) in [5.74, 6) is 2.74. The van der Waals surface area contributed by atoms with E-state index in [0.29, 0.717) is 16.8 Å². The van der Waals surface area contributed by atoms with Crippen molar-refractivity contribution >= 4 is 29.3 Å². The lowest BCUT2D eigenvalue weighted by molar-refractivity contribution is 0.0942. The zero-order valence-corrected chi connectivity index (χ0v) is 10.2. The molecule has 0 aliphatic carbocycles. The zero-order valence-electron chi connectivity index (χ0n) is 8.65. The van der Waals surface area contributed by atoms with E-state index < -0.39 is 0 Å². The Morgan fingerprint density at radius 2 is 2.44 bits per heavy atom. The van der Waals surface area contributed by atoms with Crippen LogP contribution >= 0.6 is 23.4 Å². The minimum Gasteiger partial charge on any atom is -0.350 e. The zero-order chi connectivity index (χ0) is 11.4. The Balaban J connectivity index is 1.85. The summed E-state index contributed by atoms with van der Waals surface area (Å²) >= 11 is 7.52.